The highest BCUT2D eigenvalue weighted by molar-refractivity contribution is 7.90. The Bertz CT molecular complexity index is 1180. The number of hydrogen-bond acceptors (Lipinski definition) is 5. The number of fused-ring (bicyclic) bond motifs is 1. The van der Waals surface area contributed by atoms with Crippen LogP contribution in [0.15, 0.2) is 36.9 Å². The molecule has 198 valence electrons. The summed E-state index contributed by atoms with van der Waals surface area (Å²) in [5, 5.41) is 0. The SMILES string of the molecule is C=CCC(C)(C)C(C)(C)CCOC(=O)c1ccccc1C(=O)N1C2CC3CCC2(CS1(=O)=O)C3(C)C. The van der Waals surface area contributed by atoms with E-state index in [1.54, 1.807) is 18.2 Å². The predicted octanol–water partition coefficient (Wildman–Crippen LogP) is 5.84. The first-order chi connectivity index (χ1) is 16.6. The van der Waals surface area contributed by atoms with Crippen LogP contribution in [-0.2, 0) is 14.8 Å². The topological polar surface area (TPSA) is 80.8 Å². The number of carbonyl (C=O) groups excluding carboxylic acids is 2. The van der Waals surface area contributed by atoms with E-state index in [1.165, 1.54) is 6.07 Å². The third kappa shape index (κ3) is 3.93. The molecule has 1 heterocycles. The van der Waals surface area contributed by atoms with Crippen LogP contribution in [0.25, 0.3) is 0 Å². The van der Waals surface area contributed by atoms with Crippen LogP contribution in [0.5, 0.6) is 0 Å². The second-order valence-electron chi connectivity index (χ2n) is 12.9. The molecule has 1 aromatic rings. The van der Waals surface area contributed by atoms with Crippen LogP contribution in [0.2, 0.25) is 0 Å². The molecular weight excluding hydrogens is 474 g/mol. The summed E-state index contributed by atoms with van der Waals surface area (Å²) >= 11 is 0. The van der Waals surface area contributed by atoms with Crippen molar-refractivity contribution in [3.05, 3.63) is 48.0 Å². The fourth-order valence-electron chi connectivity index (χ4n) is 6.97. The van der Waals surface area contributed by atoms with Crippen molar-refractivity contribution in [2.75, 3.05) is 12.4 Å². The van der Waals surface area contributed by atoms with Crippen molar-refractivity contribution in [1.82, 2.24) is 4.31 Å². The Labute approximate surface area is 216 Å². The van der Waals surface area contributed by atoms with E-state index in [-0.39, 0.29) is 45.8 Å². The molecule has 0 radical (unpaired) electrons. The van der Waals surface area contributed by atoms with Crippen LogP contribution >= 0.6 is 0 Å². The molecule has 1 amide bonds. The van der Waals surface area contributed by atoms with Gasteiger partial charge < -0.3 is 4.74 Å². The summed E-state index contributed by atoms with van der Waals surface area (Å²) in [5.41, 5.74) is -0.470. The van der Waals surface area contributed by atoms with Crippen molar-refractivity contribution in [2.24, 2.45) is 27.6 Å². The van der Waals surface area contributed by atoms with Crippen molar-refractivity contribution in [3.8, 4) is 0 Å². The number of allylic oxidation sites excluding steroid dienone is 1. The van der Waals surface area contributed by atoms with E-state index in [0.717, 1.165) is 23.6 Å². The molecule has 1 aromatic carbocycles. The number of hydrogen-bond donors (Lipinski definition) is 0. The molecule has 3 unspecified atom stereocenters. The third-order valence-electron chi connectivity index (χ3n) is 10.4. The molecule has 2 bridgehead atoms. The van der Waals surface area contributed by atoms with Crippen LogP contribution in [0.1, 0.15) is 94.4 Å². The van der Waals surface area contributed by atoms with Crippen molar-refractivity contribution < 1.29 is 22.7 Å². The minimum absolute atomic E-state index is 0.00208. The maximum absolute atomic E-state index is 13.8. The predicted molar refractivity (Wildman–Crippen MR) is 141 cm³/mol. The summed E-state index contributed by atoms with van der Waals surface area (Å²) in [6.07, 6.45) is 5.92. The first-order valence-corrected chi connectivity index (χ1v) is 14.7. The summed E-state index contributed by atoms with van der Waals surface area (Å²) in [7, 11) is -3.79. The normalized spacial score (nSPS) is 28.1. The Morgan fingerprint density at radius 3 is 2.39 bits per heavy atom. The lowest BCUT2D eigenvalue weighted by Crippen LogP contribution is -2.44. The van der Waals surface area contributed by atoms with E-state index >= 15 is 0 Å². The summed E-state index contributed by atoms with van der Waals surface area (Å²) in [5.74, 6) is -0.805. The van der Waals surface area contributed by atoms with Gasteiger partial charge in [-0.1, -0.05) is 59.8 Å². The van der Waals surface area contributed by atoms with E-state index in [1.807, 2.05) is 6.08 Å². The molecule has 3 fully saturated rings. The molecule has 2 saturated carbocycles. The molecule has 7 heteroatoms. The van der Waals surface area contributed by atoms with Gasteiger partial charge in [0.2, 0.25) is 10.0 Å². The van der Waals surface area contributed by atoms with Crippen LogP contribution < -0.4 is 0 Å². The van der Waals surface area contributed by atoms with Gasteiger partial charge in [0, 0.05) is 5.41 Å². The number of amides is 1. The second kappa shape index (κ2) is 8.71. The van der Waals surface area contributed by atoms with Gasteiger partial charge >= 0.3 is 5.97 Å². The van der Waals surface area contributed by atoms with Gasteiger partial charge in [-0.15, -0.1) is 6.58 Å². The largest absolute Gasteiger partial charge is 0.462 e. The smallest absolute Gasteiger partial charge is 0.338 e. The molecule has 6 nitrogen and oxygen atoms in total. The zero-order chi connectivity index (χ0) is 26.7. The standard InChI is InChI=1S/C29H41NO5S/c1-8-14-26(2,3)27(4,5)16-17-35-25(32)22-12-10-9-11-21(22)24(31)30-23-18-20-13-15-29(23,28(20,6)7)19-36(30,33)34/h8-12,20,23H,1,13-19H2,2-7H3. The van der Waals surface area contributed by atoms with Gasteiger partial charge in [-0.3, -0.25) is 4.79 Å². The quantitative estimate of drug-likeness (QED) is 0.321. The van der Waals surface area contributed by atoms with Crippen molar-refractivity contribution in [2.45, 2.75) is 79.7 Å². The molecule has 3 aliphatic rings. The maximum atomic E-state index is 13.8. The van der Waals surface area contributed by atoms with Crippen molar-refractivity contribution in [1.29, 1.82) is 0 Å². The van der Waals surface area contributed by atoms with Crippen LogP contribution in [0.3, 0.4) is 0 Å². The van der Waals surface area contributed by atoms with Gasteiger partial charge in [0.15, 0.2) is 0 Å². The molecule has 1 aliphatic heterocycles. The lowest BCUT2D eigenvalue weighted by Gasteiger charge is -2.41. The van der Waals surface area contributed by atoms with Gasteiger partial charge in [0.1, 0.15) is 0 Å². The molecule has 36 heavy (non-hydrogen) atoms. The van der Waals surface area contributed by atoms with Gasteiger partial charge in [-0.25, -0.2) is 17.5 Å². The minimum atomic E-state index is -3.79. The number of ether oxygens (including phenoxy) is 1. The molecule has 3 atom stereocenters. The molecule has 1 saturated heterocycles. The van der Waals surface area contributed by atoms with E-state index in [2.05, 4.69) is 48.1 Å². The van der Waals surface area contributed by atoms with Crippen LogP contribution in [0.4, 0.5) is 0 Å². The Kier molecular flexibility index (Phi) is 6.51. The van der Waals surface area contributed by atoms with Gasteiger partial charge in [-0.05, 0) is 66.4 Å². The zero-order valence-corrected chi connectivity index (χ0v) is 23.4. The average Bonchev–Trinajstić information content (AvgIpc) is 3.26. The summed E-state index contributed by atoms with van der Waals surface area (Å²) < 4.78 is 33.4. The summed E-state index contributed by atoms with van der Waals surface area (Å²) in [4.78, 5) is 26.9. The van der Waals surface area contributed by atoms with Crippen molar-refractivity contribution in [3.63, 3.8) is 0 Å². The average molecular weight is 516 g/mol. The monoisotopic (exact) mass is 515 g/mol. The highest BCUT2D eigenvalue weighted by Crippen LogP contribution is 2.70. The Morgan fingerprint density at radius 1 is 1.14 bits per heavy atom. The summed E-state index contributed by atoms with van der Waals surface area (Å²) in [6, 6.07) is 6.07. The number of nitrogens with zero attached hydrogens (tertiary/aromatic N) is 1. The first kappa shape index (κ1) is 26.9. The molecule has 1 spiro atoms. The fraction of sp³-hybridized carbons (Fsp3) is 0.655. The lowest BCUT2D eigenvalue weighted by atomic mass is 9.64. The van der Waals surface area contributed by atoms with E-state index in [0.29, 0.717) is 18.8 Å². The van der Waals surface area contributed by atoms with Gasteiger partial charge in [0.25, 0.3) is 5.91 Å². The lowest BCUT2D eigenvalue weighted by molar-refractivity contribution is 0.0314. The number of rotatable bonds is 8. The number of sulfonamides is 1. The molecule has 0 N–H and O–H groups in total. The highest BCUT2D eigenvalue weighted by atomic mass is 32.2. The third-order valence-corrected chi connectivity index (χ3v) is 12.3. The van der Waals surface area contributed by atoms with Crippen LogP contribution in [0, 0.1) is 27.6 Å². The summed E-state index contributed by atoms with van der Waals surface area (Å²) in [6.45, 7) is 17.0. The van der Waals surface area contributed by atoms with Gasteiger partial charge in [0.05, 0.1) is 29.5 Å². The zero-order valence-electron chi connectivity index (χ0n) is 22.6. The van der Waals surface area contributed by atoms with Crippen molar-refractivity contribution >= 4 is 21.9 Å². The van der Waals surface area contributed by atoms with E-state index in [4.69, 9.17) is 4.74 Å². The number of esters is 1. The first-order valence-electron chi connectivity index (χ1n) is 13.0. The number of carbonyl (C=O) groups is 2. The number of benzene rings is 1. The minimum Gasteiger partial charge on any atom is -0.462 e. The molecule has 2 aliphatic carbocycles. The van der Waals surface area contributed by atoms with Gasteiger partial charge in [-0.2, -0.15) is 0 Å². The second-order valence-corrected chi connectivity index (χ2v) is 14.8. The highest BCUT2D eigenvalue weighted by Gasteiger charge is 2.72. The fourth-order valence-corrected chi connectivity index (χ4v) is 9.50. The maximum Gasteiger partial charge on any atom is 0.338 e. The Balaban J connectivity index is 1.54. The molecular formula is C29H41NO5S. The van der Waals surface area contributed by atoms with Crippen LogP contribution in [-0.4, -0.2) is 43.0 Å². The molecule has 0 aromatic heterocycles. The van der Waals surface area contributed by atoms with E-state index < -0.39 is 27.3 Å². The van der Waals surface area contributed by atoms with E-state index in [9.17, 15) is 18.0 Å². The Hall–Kier alpha value is -2.15. The molecule has 4 rings (SSSR count). The Morgan fingerprint density at radius 2 is 1.78 bits per heavy atom.